The normalized spacial score (nSPS) is 15.5. The maximum Gasteiger partial charge on any atom is 0.274 e. The molecule has 1 fully saturated rings. The first-order chi connectivity index (χ1) is 11.6. The fourth-order valence-corrected chi connectivity index (χ4v) is 3.06. The van der Waals surface area contributed by atoms with Gasteiger partial charge in [-0.15, -0.1) is 5.10 Å². The average molecular weight is 365 g/mol. The predicted molar refractivity (Wildman–Crippen MR) is 94.5 cm³/mol. The molecule has 0 saturated carbocycles. The van der Waals surface area contributed by atoms with E-state index in [1.165, 1.54) is 5.56 Å². The van der Waals surface area contributed by atoms with Crippen molar-refractivity contribution in [1.29, 1.82) is 0 Å². The van der Waals surface area contributed by atoms with E-state index in [1.54, 1.807) is 18.3 Å². The summed E-state index contributed by atoms with van der Waals surface area (Å²) in [5, 5.41) is 8.82. The van der Waals surface area contributed by atoms with Crippen molar-refractivity contribution in [2.45, 2.75) is 6.42 Å². The third-order valence-electron chi connectivity index (χ3n) is 4.15. The number of aromatic nitrogens is 2. The molecular formula is C17H18Cl2N4O. The second-order valence-corrected chi connectivity index (χ2v) is 6.56. The number of rotatable bonds is 4. The van der Waals surface area contributed by atoms with Gasteiger partial charge in [-0.2, -0.15) is 5.10 Å². The topological polar surface area (TPSA) is 49.3 Å². The van der Waals surface area contributed by atoms with Crippen molar-refractivity contribution in [3.05, 3.63) is 57.8 Å². The molecule has 3 rings (SSSR count). The number of benzene rings is 1. The SMILES string of the molecule is O=C(c1cccnn1)N1CCN(CCc2ccc(Cl)c(Cl)c2)CC1. The minimum atomic E-state index is -0.0489. The summed E-state index contributed by atoms with van der Waals surface area (Å²) in [6.45, 7) is 4.05. The summed E-state index contributed by atoms with van der Waals surface area (Å²) in [6.07, 6.45) is 2.48. The van der Waals surface area contributed by atoms with E-state index in [0.717, 1.165) is 26.1 Å². The highest BCUT2D eigenvalue weighted by Gasteiger charge is 2.22. The smallest absolute Gasteiger partial charge is 0.274 e. The maximum atomic E-state index is 12.3. The number of amides is 1. The molecule has 1 aromatic carbocycles. The van der Waals surface area contributed by atoms with Crippen LogP contribution in [0.3, 0.4) is 0 Å². The van der Waals surface area contributed by atoms with Crippen LogP contribution in [0.15, 0.2) is 36.5 Å². The summed E-state index contributed by atoms with van der Waals surface area (Å²) >= 11 is 12.0. The maximum absolute atomic E-state index is 12.3. The van der Waals surface area contributed by atoms with Gasteiger partial charge in [0.25, 0.3) is 5.91 Å². The highest BCUT2D eigenvalue weighted by molar-refractivity contribution is 6.42. The van der Waals surface area contributed by atoms with Crippen LogP contribution in [0.1, 0.15) is 16.1 Å². The molecule has 1 amide bonds. The molecule has 0 atom stereocenters. The minimum absolute atomic E-state index is 0.0489. The van der Waals surface area contributed by atoms with Gasteiger partial charge >= 0.3 is 0 Å². The van der Waals surface area contributed by atoms with E-state index < -0.39 is 0 Å². The van der Waals surface area contributed by atoms with Crippen molar-refractivity contribution in [2.75, 3.05) is 32.7 Å². The molecule has 0 aliphatic carbocycles. The van der Waals surface area contributed by atoms with Gasteiger partial charge < -0.3 is 4.90 Å². The van der Waals surface area contributed by atoms with Gasteiger partial charge in [-0.25, -0.2) is 0 Å². The van der Waals surface area contributed by atoms with Crippen LogP contribution in [0.2, 0.25) is 10.0 Å². The molecule has 1 aliphatic rings. The van der Waals surface area contributed by atoms with Gasteiger partial charge in [0.2, 0.25) is 0 Å². The minimum Gasteiger partial charge on any atom is -0.335 e. The lowest BCUT2D eigenvalue weighted by atomic mass is 10.1. The first kappa shape index (κ1) is 17.1. The third kappa shape index (κ3) is 4.23. The van der Waals surface area contributed by atoms with E-state index in [0.29, 0.717) is 28.8 Å². The molecule has 0 spiro atoms. The van der Waals surface area contributed by atoms with E-state index in [9.17, 15) is 4.79 Å². The number of hydrogen-bond acceptors (Lipinski definition) is 4. The van der Waals surface area contributed by atoms with Gasteiger partial charge in [0, 0.05) is 38.9 Å². The Morgan fingerprint density at radius 1 is 1.08 bits per heavy atom. The monoisotopic (exact) mass is 364 g/mol. The molecule has 1 aliphatic heterocycles. The summed E-state index contributed by atoms with van der Waals surface area (Å²) in [5.74, 6) is -0.0489. The standard InChI is InChI=1S/C17H18Cl2N4O/c18-14-4-3-13(12-15(14)19)5-7-22-8-10-23(11-9-22)17(24)16-2-1-6-20-21-16/h1-4,6,12H,5,7-11H2. The predicted octanol–water partition coefficient (Wildman–Crippen LogP) is 2.78. The van der Waals surface area contributed by atoms with Crippen molar-refractivity contribution in [1.82, 2.24) is 20.0 Å². The average Bonchev–Trinajstić information content (AvgIpc) is 2.63. The third-order valence-corrected chi connectivity index (χ3v) is 4.89. The zero-order valence-corrected chi connectivity index (χ0v) is 14.7. The number of hydrogen-bond donors (Lipinski definition) is 0. The first-order valence-electron chi connectivity index (χ1n) is 7.87. The second-order valence-electron chi connectivity index (χ2n) is 5.74. The molecule has 5 nitrogen and oxygen atoms in total. The van der Waals surface area contributed by atoms with Gasteiger partial charge in [0.15, 0.2) is 5.69 Å². The highest BCUT2D eigenvalue weighted by Crippen LogP contribution is 2.23. The number of halogens is 2. The molecule has 24 heavy (non-hydrogen) atoms. The van der Waals surface area contributed by atoms with Crippen LogP contribution in [0, 0.1) is 0 Å². The van der Waals surface area contributed by atoms with Crippen LogP contribution in [0.5, 0.6) is 0 Å². The van der Waals surface area contributed by atoms with Crippen LogP contribution in [0.4, 0.5) is 0 Å². The Labute approximate surface area is 151 Å². The molecule has 1 saturated heterocycles. The molecule has 1 aromatic heterocycles. The Morgan fingerprint density at radius 2 is 1.88 bits per heavy atom. The van der Waals surface area contributed by atoms with Gasteiger partial charge in [-0.3, -0.25) is 9.69 Å². The number of carbonyl (C=O) groups is 1. The highest BCUT2D eigenvalue weighted by atomic mass is 35.5. The molecule has 126 valence electrons. The lowest BCUT2D eigenvalue weighted by Crippen LogP contribution is -2.49. The van der Waals surface area contributed by atoms with E-state index >= 15 is 0 Å². The van der Waals surface area contributed by atoms with Gasteiger partial charge in [0.05, 0.1) is 10.0 Å². The molecule has 2 heterocycles. The lowest BCUT2D eigenvalue weighted by molar-refractivity contribution is 0.0631. The van der Waals surface area contributed by atoms with Crippen molar-refractivity contribution in [2.24, 2.45) is 0 Å². The fourth-order valence-electron chi connectivity index (χ4n) is 2.73. The Kier molecular flexibility index (Phi) is 5.66. The van der Waals surface area contributed by atoms with Crippen molar-refractivity contribution >= 4 is 29.1 Å². The van der Waals surface area contributed by atoms with E-state index in [-0.39, 0.29) is 5.91 Å². The van der Waals surface area contributed by atoms with E-state index in [2.05, 4.69) is 15.1 Å². The van der Waals surface area contributed by atoms with Crippen LogP contribution in [-0.4, -0.2) is 58.6 Å². The van der Waals surface area contributed by atoms with Crippen LogP contribution in [-0.2, 0) is 6.42 Å². The van der Waals surface area contributed by atoms with Gasteiger partial charge in [-0.05, 0) is 36.2 Å². The summed E-state index contributed by atoms with van der Waals surface area (Å²) < 4.78 is 0. The molecule has 7 heteroatoms. The van der Waals surface area contributed by atoms with E-state index in [4.69, 9.17) is 23.2 Å². The zero-order valence-electron chi connectivity index (χ0n) is 13.2. The fraction of sp³-hybridized carbons (Fsp3) is 0.353. The largest absolute Gasteiger partial charge is 0.335 e. The van der Waals surface area contributed by atoms with Crippen LogP contribution < -0.4 is 0 Å². The first-order valence-corrected chi connectivity index (χ1v) is 8.62. The van der Waals surface area contributed by atoms with E-state index in [1.807, 2.05) is 23.1 Å². The van der Waals surface area contributed by atoms with Gasteiger partial charge in [0.1, 0.15) is 0 Å². The Morgan fingerprint density at radius 3 is 2.54 bits per heavy atom. The zero-order chi connectivity index (χ0) is 16.9. The molecule has 0 N–H and O–H groups in total. The van der Waals surface area contributed by atoms with Crippen molar-refractivity contribution < 1.29 is 4.79 Å². The summed E-state index contributed by atoms with van der Waals surface area (Å²) in [7, 11) is 0. The van der Waals surface area contributed by atoms with Crippen LogP contribution >= 0.6 is 23.2 Å². The number of piperazine rings is 1. The molecule has 0 bridgehead atoms. The van der Waals surface area contributed by atoms with Crippen molar-refractivity contribution in [3.8, 4) is 0 Å². The molecule has 0 radical (unpaired) electrons. The number of nitrogens with zero attached hydrogens (tertiary/aromatic N) is 4. The molecule has 0 unspecified atom stereocenters. The summed E-state index contributed by atoms with van der Waals surface area (Å²) in [5.41, 5.74) is 1.57. The van der Waals surface area contributed by atoms with Gasteiger partial charge in [-0.1, -0.05) is 29.3 Å². The Bertz CT molecular complexity index is 703. The molecular weight excluding hydrogens is 347 g/mol. The number of carbonyl (C=O) groups excluding carboxylic acids is 1. The summed E-state index contributed by atoms with van der Waals surface area (Å²) in [4.78, 5) is 16.5. The summed E-state index contributed by atoms with van der Waals surface area (Å²) in [6, 6.07) is 9.18. The Hall–Kier alpha value is -1.69. The second kappa shape index (κ2) is 7.92. The quantitative estimate of drug-likeness (QED) is 0.836. The Balaban J connectivity index is 1.48. The van der Waals surface area contributed by atoms with Crippen molar-refractivity contribution in [3.63, 3.8) is 0 Å². The lowest BCUT2D eigenvalue weighted by Gasteiger charge is -2.34. The van der Waals surface area contributed by atoms with Crippen LogP contribution in [0.25, 0.3) is 0 Å². The molecule has 2 aromatic rings.